The molecule has 0 aromatic carbocycles. The Hall–Kier alpha value is -1.48. The minimum absolute atomic E-state index is 0. The zero-order valence-corrected chi connectivity index (χ0v) is 40.7. The van der Waals surface area contributed by atoms with Gasteiger partial charge in [0.2, 0.25) is 0 Å². The minimum atomic E-state index is -0.940. The second-order valence-corrected chi connectivity index (χ2v) is 13.5. The maximum atomic E-state index is 10.1. The Morgan fingerprint density at radius 2 is 1.00 bits per heavy atom. The first-order valence-electron chi connectivity index (χ1n) is 17.6. The monoisotopic (exact) mass is 1040 g/mol. The maximum Gasteiger partial charge on any atom is 0.154 e. The molecule has 2 unspecified atom stereocenters. The van der Waals surface area contributed by atoms with Crippen molar-refractivity contribution in [2.75, 3.05) is 19.8 Å². The second kappa shape index (κ2) is 21.7. The van der Waals surface area contributed by atoms with Crippen molar-refractivity contribution < 1.29 is 138 Å². The van der Waals surface area contributed by atoms with E-state index in [1.54, 1.807) is 29.3 Å². The molecule has 3 aliphatic heterocycles. The number of aliphatic hydroxyl groups excluding tert-OH is 5. The number of imidazole rings is 3. The fraction of sp³-hybridized carbons (Fsp3) is 0.545. The van der Waals surface area contributed by atoms with Crippen molar-refractivity contribution in [1.82, 2.24) is 58.6 Å². The van der Waals surface area contributed by atoms with E-state index in [9.17, 15) is 10.2 Å². The van der Waals surface area contributed by atoms with Gasteiger partial charge in [0, 0.05) is 146 Å². The van der Waals surface area contributed by atoms with Crippen LogP contribution in [0.25, 0.3) is 33.5 Å². The Morgan fingerprint density at radius 3 is 1.42 bits per heavy atom. The quantitative estimate of drug-likeness (QED) is 0.0753. The Kier molecular flexibility index (Phi) is 18.5. The molecule has 6 aromatic heterocycles. The van der Waals surface area contributed by atoms with Crippen molar-refractivity contribution in [3.63, 3.8) is 0 Å². The third-order valence-corrected chi connectivity index (χ3v) is 9.98. The van der Waals surface area contributed by atoms with Gasteiger partial charge in [-0.15, -0.1) is 0 Å². The van der Waals surface area contributed by atoms with Crippen LogP contribution in [0.5, 0.6) is 0 Å². The van der Waals surface area contributed by atoms with E-state index in [2.05, 4.69) is 63.8 Å². The van der Waals surface area contributed by atoms with Crippen molar-refractivity contribution in [3.8, 4) is 0 Å². The number of aromatic nitrogens is 12. The Balaban J connectivity index is 0.000000191. The summed E-state index contributed by atoms with van der Waals surface area (Å²) in [5.74, 6) is 0. The largest absolute Gasteiger partial charge is 0.394 e. The molecule has 3 fully saturated rings. The number of hydrogen-bond donors (Lipinski definition) is 8. The van der Waals surface area contributed by atoms with Gasteiger partial charge in [0.25, 0.3) is 0 Å². The van der Waals surface area contributed by atoms with Gasteiger partial charge in [0.1, 0.15) is 36.9 Å². The van der Waals surface area contributed by atoms with Crippen LogP contribution >= 0.6 is 0 Å². The number of rotatable bonds is 6. The fourth-order valence-electron chi connectivity index (χ4n) is 6.77. The molecule has 11 N–H and O–H groups in total. The van der Waals surface area contributed by atoms with Crippen molar-refractivity contribution in [2.24, 2.45) is 17.2 Å². The molecule has 3 aliphatic rings. The summed E-state index contributed by atoms with van der Waals surface area (Å²) in [6.07, 6.45) is 7.89. The SMILES string of the molecule is Cc1n[c-]nc2c1ncn2[C@@H]1O[C@H](CO)[C@H](N)C1O.Cc1n[c-]nc2c1ncn2[C@@H]1O[C@H](CO)[C@H](O)C1N.Cc1n[c-]nc2c1ncn2[C@H]1C[C@@H](N)[C@@H](CO)O1.[Y].[Y].[Y]. The zero-order chi connectivity index (χ0) is 39.8. The standard InChI is InChI=1S/2C11H14N5O3.C11H14N5O2.3Y/c1-5-8-10(14-3-13-5)16(4-15-8)11-7(12)9(18)6(2-17)19-11;1-5-8-10(14-3-13-5)16(4-15-8)11-9(18)7(12)6(2-17)19-11;1-6-10-11(14-4-13-6)16(5-15-10)9-2-7(12)8(3-17)18-9;;;/h2*4,6-7,9,11,17-18H,2,12H2,1H3;5,7-9,17H,2-3,12H2,1H3;;;/q3*-1;;;/t6-,7?,9+,11-;6-,7+,9?,11-;7-,8-,9-;;;/m111.../s1. The molecule has 11 atom stereocenters. The van der Waals surface area contributed by atoms with E-state index in [1.165, 1.54) is 12.7 Å². The van der Waals surface area contributed by atoms with E-state index in [4.69, 9.17) is 46.7 Å². The fourth-order valence-corrected chi connectivity index (χ4v) is 6.77. The predicted octanol–water partition coefficient (Wildman–Crippen LogP) is -3.44. The van der Waals surface area contributed by atoms with Gasteiger partial charge < -0.3 is 101 Å². The van der Waals surface area contributed by atoms with Gasteiger partial charge in [0.05, 0.1) is 73.9 Å². The van der Waals surface area contributed by atoms with Crippen LogP contribution in [0.15, 0.2) is 19.0 Å². The van der Waals surface area contributed by atoms with Gasteiger partial charge in [-0.3, -0.25) is 15.0 Å². The number of nitrogens with zero attached hydrogens (tertiary/aromatic N) is 12. The first-order valence-corrected chi connectivity index (χ1v) is 17.6. The Labute approximate surface area is 412 Å². The topological polar surface area (TPSA) is 338 Å². The maximum absolute atomic E-state index is 10.1. The average Bonchev–Trinajstić information content (AvgIpc) is 4.06. The summed E-state index contributed by atoms with van der Waals surface area (Å²) in [4.78, 5) is 36.7. The van der Waals surface area contributed by atoms with Gasteiger partial charge in [-0.05, 0) is 17.1 Å². The van der Waals surface area contributed by atoms with Crippen LogP contribution in [0.2, 0.25) is 0 Å². The van der Waals surface area contributed by atoms with Crippen LogP contribution in [-0.4, -0.2) is 153 Å². The third kappa shape index (κ3) is 10.0. The zero-order valence-electron chi connectivity index (χ0n) is 32.2. The summed E-state index contributed by atoms with van der Waals surface area (Å²) in [5.41, 5.74) is 23.5. The Morgan fingerprint density at radius 1 is 0.576 bits per heavy atom. The molecule has 0 saturated carbocycles. The summed E-state index contributed by atoms with van der Waals surface area (Å²) in [6.45, 7) is 4.84. The number of aliphatic hydroxyl groups is 5. The van der Waals surface area contributed by atoms with E-state index in [-0.39, 0.29) is 136 Å². The third-order valence-electron chi connectivity index (χ3n) is 9.98. The van der Waals surface area contributed by atoms with Crippen molar-refractivity contribution in [3.05, 3.63) is 55.0 Å². The van der Waals surface area contributed by atoms with Crippen molar-refractivity contribution >= 4 is 33.5 Å². The molecule has 0 aliphatic carbocycles. The van der Waals surface area contributed by atoms with Crippen molar-refractivity contribution in [2.45, 2.75) is 94.5 Å². The molecule has 0 spiro atoms. The number of fused-ring (bicyclic) bond motifs is 3. The molecular weight excluding hydrogens is 1000 g/mol. The number of aryl methyl sites for hydroxylation is 3. The molecule has 59 heavy (non-hydrogen) atoms. The minimum Gasteiger partial charge on any atom is -0.394 e. The van der Waals surface area contributed by atoms with E-state index >= 15 is 0 Å². The summed E-state index contributed by atoms with van der Waals surface area (Å²) in [5, 5.41) is 47.4. The number of ether oxygens (including phenoxy) is 3. The molecule has 9 rings (SSSR count). The van der Waals surface area contributed by atoms with Crippen LogP contribution in [0.3, 0.4) is 0 Å². The summed E-state index contributed by atoms with van der Waals surface area (Å²) in [7, 11) is 0. The summed E-state index contributed by atoms with van der Waals surface area (Å²) < 4.78 is 21.8. The molecule has 23 nitrogen and oxygen atoms in total. The molecule has 0 bridgehead atoms. The average molecular weight is 1040 g/mol. The normalized spacial score (nSPS) is 28.6. The van der Waals surface area contributed by atoms with Crippen LogP contribution in [0.4, 0.5) is 0 Å². The smallest absolute Gasteiger partial charge is 0.154 e. The molecular formula is C33H42N15O8Y3-3. The molecule has 3 radical (unpaired) electrons. The van der Waals surface area contributed by atoms with E-state index in [0.717, 1.165) is 11.2 Å². The van der Waals surface area contributed by atoms with Gasteiger partial charge in [0.15, 0.2) is 6.23 Å². The molecule has 6 aromatic rings. The van der Waals surface area contributed by atoms with Gasteiger partial charge in [-0.2, -0.15) is 0 Å². The van der Waals surface area contributed by atoms with Crippen LogP contribution < -0.4 is 17.2 Å². The predicted molar refractivity (Wildman–Crippen MR) is 190 cm³/mol. The number of hydrogen-bond acceptors (Lipinski definition) is 20. The van der Waals surface area contributed by atoms with Gasteiger partial charge in [-0.25, -0.2) is 0 Å². The first-order chi connectivity index (χ1) is 27.0. The molecule has 26 heteroatoms. The summed E-state index contributed by atoms with van der Waals surface area (Å²) in [6, 6.07) is -1.49. The first kappa shape index (κ1) is 50.2. The molecule has 3 saturated heterocycles. The molecule has 309 valence electrons. The van der Waals surface area contributed by atoms with E-state index < -0.39 is 49.0 Å². The van der Waals surface area contributed by atoms with E-state index in [0.29, 0.717) is 45.8 Å². The molecule has 9 heterocycles. The Bertz CT molecular complexity index is 2180. The van der Waals surface area contributed by atoms with Crippen molar-refractivity contribution in [1.29, 1.82) is 0 Å². The molecule has 0 amide bonds. The van der Waals surface area contributed by atoms with Crippen LogP contribution in [0, 0.1) is 39.8 Å². The second-order valence-electron chi connectivity index (χ2n) is 13.5. The summed E-state index contributed by atoms with van der Waals surface area (Å²) >= 11 is 0. The van der Waals surface area contributed by atoms with Crippen LogP contribution in [-0.2, 0) is 112 Å². The van der Waals surface area contributed by atoms with Gasteiger partial charge in [-0.1, -0.05) is 20.8 Å². The van der Waals surface area contributed by atoms with Crippen LogP contribution in [0.1, 0.15) is 42.2 Å². The van der Waals surface area contributed by atoms with Gasteiger partial charge >= 0.3 is 0 Å². The van der Waals surface area contributed by atoms with E-state index in [1.807, 2.05) is 11.5 Å². The number of nitrogens with two attached hydrogens (primary N) is 3.